The second-order valence-electron chi connectivity index (χ2n) is 5.01. The lowest BCUT2D eigenvalue weighted by Crippen LogP contribution is -2.18. The number of carboxylic acid groups (broad SMARTS) is 1. The molecule has 0 aliphatic carbocycles. The molecule has 1 fully saturated rings. The molecule has 5 heteroatoms. The number of aromatic nitrogens is 1. The van der Waals surface area contributed by atoms with Crippen LogP contribution in [0, 0.1) is 5.92 Å². The van der Waals surface area contributed by atoms with E-state index >= 15 is 0 Å². The molecule has 0 spiro atoms. The first kappa shape index (κ1) is 12.4. The minimum Gasteiger partial charge on any atom is -0.477 e. The summed E-state index contributed by atoms with van der Waals surface area (Å²) in [4.78, 5) is 18.3. The van der Waals surface area contributed by atoms with Gasteiger partial charge in [0.25, 0.3) is 0 Å². The quantitative estimate of drug-likeness (QED) is 0.901. The van der Waals surface area contributed by atoms with Gasteiger partial charge in [0, 0.05) is 13.1 Å². The van der Waals surface area contributed by atoms with E-state index in [1.165, 1.54) is 17.8 Å². The van der Waals surface area contributed by atoms with Crippen molar-refractivity contribution in [3.05, 3.63) is 10.6 Å². The van der Waals surface area contributed by atoms with Gasteiger partial charge in [0.2, 0.25) is 0 Å². The number of hydrogen-bond donors (Lipinski definition) is 1. The van der Waals surface area contributed by atoms with Gasteiger partial charge in [-0.15, -0.1) is 0 Å². The lowest BCUT2D eigenvalue weighted by atomic mass is 10.1. The first-order chi connectivity index (χ1) is 7.99. The summed E-state index contributed by atoms with van der Waals surface area (Å²) in [6, 6.07) is 0. The zero-order valence-corrected chi connectivity index (χ0v) is 11.3. The Balaban J connectivity index is 2.30. The zero-order chi connectivity index (χ0) is 12.6. The first-order valence-electron chi connectivity index (χ1n) is 5.98. The predicted octanol–water partition coefficient (Wildman–Crippen LogP) is 2.81. The van der Waals surface area contributed by atoms with Crippen LogP contribution in [0.25, 0.3) is 0 Å². The summed E-state index contributed by atoms with van der Waals surface area (Å²) in [6.07, 6.45) is 1.17. The molecule has 1 unspecified atom stereocenters. The molecule has 0 radical (unpaired) electrons. The van der Waals surface area contributed by atoms with Crippen molar-refractivity contribution in [1.29, 1.82) is 0 Å². The van der Waals surface area contributed by atoms with E-state index in [4.69, 9.17) is 0 Å². The third kappa shape index (κ3) is 2.44. The maximum atomic E-state index is 11.2. The molecule has 1 aliphatic heterocycles. The van der Waals surface area contributed by atoms with Crippen molar-refractivity contribution in [2.45, 2.75) is 33.1 Å². The highest BCUT2D eigenvalue weighted by molar-refractivity contribution is 7.17. The van der Waals surface area contributed by atoms with Gasteiger partial charge in [-0.05, 0) is 18.3 Å². The normalized spacial score (nSPS) is 20.2. The van der Waals surface area contributed by atoms with Crippen molar-refractivity contribution in [2.24, 2.45) is 5.92 Å². The topological polar surface area (TPSA) is 53.4 Å². The molecule has 0 aromatic carbocycles. The molecule has 4 nitrogen and oxygen atoms in total. The second-order valence-corrected chi connectivity index (χ2v) is 5.99. The molecule has 2 rings (SSSR count). The molecular formula is C12H18N2O2S. The fourth-order valence-electron chi connectivity index (χ4n) is 2.11. The highest BCUT2D eigenvalue weighted by Gasteiger charge is 2.26. The smallest absolute Gasteiger partial charge is 0.347 e. The van der Waals surface area contributed by atoms with Crippen LogP contribution in [0.2, 0.25) is 0 Å². The lowest BCUT2D eigenvalue weighted by molar-refractivity contribution is 0.0700. The highest BCUT2D eigenvalue weighted by atomic mass is 32.1. The van der Waals surface area contributed by atoms with Gasteiger partial charge >= 0.3 is 5.97 Å². The number of rotatable bonds is 3. The fraction of sp³-hybridized carbons (Fsp3) is 0.667. The van der Waals surface area contributed by atoms with Gasteiger partial charge < -0.3 is 10.0 Å². The van der Waals surface area contributed by atoms with E-state index < -0.39 is 5.97 Å². The summed E-state index contributed by atoms with van der Waals surface area (Å²) in [7, 11) is 0. The number of nitrogens with zero attached hydrogens (tertiary/aromatic N) is 2. The maximum Gasteiger partial charge on any atom is 0.347 e. The van der Waals surface area contributed by atoms with Gasteiger partial charge in [-0.1, -0.05) is 32.1 Å². The third-order valence-electron chi connectivity index (χ3n) is 3.08. The summed E-state index contributed by atoms with van der Waals surface area (Å²) in [5.41, 5.74) is 0.719. The Morgan fingerprint density at radius 3 is 2.71 bits per heavy atom. The van der Waals surface area contributed by atoms with Crippen molar-refractivity contribution in [2.75, 3.05) is 18.0 Å². The maximum absolute atomic E-state index is 11.2. The average molecular weight is 254 g/mol. The lowest BCUT2D eigenvalue weighted by Gasteiger charge is -2.13. The Hall–Kier alpha value is -1.10. The van der Waals surface area contributed by atoms with Crippen molar-refractivity contribution in [3.63, 3.8) is 0 Å². The van der Waals surface area contributed by atoms with E-state index in [9.17, 15) is 9.90 Å². The molecule has 0 amide bonds. The number of hydrogen-bond acceptors (Lipinski definition) is 4. The Morgan fingerprint density at radius 1 is 1.59 bits per heavy atom. The monoisotopic (exact) mass is 254 g/mol. The molecule has 17 heavy (non-hydrogen) atoms. The van der Waals surface area contributed by atoms with E-state index in [1.54, 1.807) is 0 Å². The van der Waals surface area contributed by atoms with Gasteiger partial charge in [-0.2, -0.15) is 0 Å². The van der Waals surface area contributed by atoms with Gasteiger partial charge in [0.1, 0.15) is 4.88 Å². The van der Waals surface area contributed by atoms with Crippen molar-refractivity contribution >= 4 is 22.4 Å². The van der Waals surface area contributed by atoms with Crippen LogP contribution < -0.4 is 4.90 Å². The molecule has 0 bridgehead atoms. The average Bonchev–Trinajstić information content (AvgIpc) is 2.82. The zero-order valence-electron chi connectivity index (χ0n) is 10.4. The van der Waals surface area contributed by atoms with E-state index in [-0.39, 0.29) is 5.92 Å². The molecular weight excluding hydrogens is 236 g/mol. The molecule has 1 aromatic rings. The second kappa shape index (κ2) is 4.64. The van der Waals surface area contributed by atoms with Gasteiger partial charge in [0.15, 0.2) is 5.13 Å². The minimum absolute atomic E-state index is 0.158. The van der Waals surface area contributed by atoms with Gasteiger partial charge in [0.05, 0.1) is 5.69 Å². The van der Waals surface area contributed by atoms with Crippen LogP contribution in [0.1, 0.15) is 48.5 Å². The number of carboxylic acids is 1. The van der Waals surface area contributed by atoms with E-state index in [0.29, 0.717) is 10.8 Å². The van der Waals surface area contributed by atoms with Crippen molar-refractivity contribution in [1.82, 2.24) is 4.98 Å². The first-order valence-corrected chi connectivity index (χ1v) is 6.79. The van der Waals surface area contributed by atoms with Crippen LogP contribution in [-0.4, -0.2) is 29.1 Å². The van der Waals surface area contributed by atoms with Crippen LogP contribution in [0.5, 0.6) is 0 Å². The Bertz CT molecular complexity index is 428. The minimum atomic E-state index is -0.857. The van der Waals surface area contributed by atoms with Crippen LogP contribution in [0.3, 0.4) is 0 Å². The van der Waals surface area contributed by atoms with Crippen LogP contribution >= 0.6 is 11.3 Å². The van der Waals surface area contributed by atoms with Crippen LogP contribution in [0.4, 0.5) is 5.13 Å². The van der Waals surface area contributed by atoms with Gasteiger partial charge in [-0.3, -0.25) is 0 Å². The summed E-state index contributed by atoms with van der Waals surface area (Å²) >= 11 is 1.31. The molecule has 0 saturated carbocycles. The van der Waals surface area contributed by atoms with Crippen molar-refractivity contribution in [3.8, 4) is 0 Å². The van der Waals surface area contributed by atoms with Gasteiger partial charge in [-0.25, -0.2) is 9.78 Å². The molecule has 1 saturated heterocycles. The SMILES string of the molecule is CC1CCN(c2nc(C(C)C)c(C(=O)O)s2)C1. The number of aromatic carboxylic acids is 1. The molecule has 2 heterocycles. The van der Waals surface area contributed by atoms with E-state index in [0.717, 1.165) is 23.9 Å². The number of anilines is 1. The number of thiazole rings is 1. The van der Waals surface area contributed by atoms with E-state index in [1.807, 2.05) is 13.8 Å². The summed E-state index contributed by atoms with van der Waals surface area (Å²) < 4.78 is 0. The Kier molecular flexibility index (Phi) is 3.38. The molecule has 1 atom stereocenters. The third-order valence-corrected chi connectivity index (χ3v) is 4.20. The van der Waals surface area contributed by atoms with Crippen LogP contribution in [-0.2, 0) is 0 Å². The molecule has 1 aliphatic rings. The summed E-state index contributed by atoms with van der Waals surface area (Å²) in [5.74, 6) is -0.0227. The summed E-state index contributed by atoms with van der Waals surface area (Å²) in [5, 5.41) is 10.0. The fourth-order valence-corrected chi connectivity index (χ4v) is 3.20. The predicted molar refractivity (Wildman–Crippen MR) is 69.2 cm³/mol. The Morgan fingerprint density at radius 2 is 2.29 bits per heavy atom. The highest BCUT2D eigenvalue weighted by Crippen LogP contribution is 2.33. The molecule has 1 aromatic heterocycles. The standard InChI is InChI=1S/C12H18N2O2S/c1-7(2)9-10(11(15)16)17-12(13-9)14-5-4-8(3)6-14/h7-8H,4-6H2,1-3H3,(H,15,16). The number of carbonyl (C=O) groups is 1. The molecule has 1 N–H and O–H groups in total. The van der Waals surface area contributed by atoms with E-state index in [2.05, 4.69) is 16.8 Å². The molecule has 94 valence electrons. The van der Waals surface area contributed by atoms with Crippen molar-refractivity contribution < 1.29 is 9.90 Å². The van der Waals surface area contributed by atoms with Crippen LogP contribution in [0.15, 0.2) is 0 Å². The largest absolute Gasteiger partial charge is 0.477 e. The Labute approximate surface area is 105 Å². The summed E-state index contributed by atoms with van der Waals surface area (Å²) in [6.45, 7) is 8.17.